The Kier molecular flexibility index (Phi) is 8.52. The van der Waals surface area contributed by atoms with E-state index in [0.29, 0.717) is 42.3 Å². The van der Waals surface area contributed by atoms with Crippen molar-refractivity contribution in [1.82, 2.24) is 20.2 Å². The van der Waals surface area contributed by atoms with E-state index in [4.69, 9.17) is 33.3 Å². The van der Waals surface area contributed by atoms with Crippen LogP contribution in [0.2, 0.25) is 0 Å². The van der Waals surface area contributed by atoms with Crippen molar-refractivity contribution in [2.75, 3.05) is 25.0 Å². The second-order valence-corrected chi connectivity index (χ2v) is 11.0. The van der Waals surface area contributed by atoms with Gasteiger partial charge in [0.2, 0.25) is 11.8 Å². The summed E-state index contributed by atoms with van der Waals surface area (Å²) < 4.78 is 4.92. The number of alkyl halides is 2. The number of hydrogen-bond acceptors (Lipinski definition) is 8. The summed E-state index contributed by atoms with van der Waals surface area (Å²) in [4.78, 5) is 47.6. The monoisotopic (exact) mass is 560 g/mol. The molecule has 10 nitrogen and oxygen atoms in total. The summed E-state index contributed by atoms with van der Waals surface area (Å²) in [5.74, 6) is 0.100. The van der Waals surface area contributed by atoms with Crippen molar-refractivity contribution in [3.8, 4) is 5.75 Å². The van der Waals surface area contributed by atoms with E-state index in [1.807, 2.05) is 6.92 Å². The molecule has 2 heterocycles. The number of ether oxygens (including phenoxy) is 1. The molecule has 12 heteroatoms. The van der Waals surface area contributed by atoms with Gasteiger partial charge in [0.25, 0.3) is 0 Å². The van der Waals surface area contributed by atoms with Gasteiger partial charge in [0.05, 0.1) is 6.54 Å². The molecular weight excluding hydrogens is 531 g/mol. The SMILES string of the molecule is CC(=O)C(=N)c1cc(OCc2ncccn2)ccc1NCC(=O)N1CCCC1C(=O)NCC1C(C)C1(Cl)Cl. The molecule has 1 aromatic heterocycles. The number of likely N-dealkylation sites (tertiary alicyclic amines) is 1. The van der Waals surface area contributed by atoms with Gasteiger partial charge in [-0.05, 0) is 43.0 Å². The van der Waals surface area contributed by atoms with Crippen LogP contribution in [0.25, 0.3) is 0 Å². The third-order valence-corrected chi connectivity index (χ3v) is 8.25. The maximum absolute atomic E-state index is 13.1. The van der Waals surface area contributed by atoms with Gasteiger partial charge in [-0.15, -0.1) is 23.2 Å². The molecule has 38 heavy (non-hydrogen) atoms. The number of Topliss-reactive ketones (excluding diaryl/α,β-unsaturated/α-hetero) is 1. The van der Waals surface area contributed by atoms with Crippen molar-refractivity contribution in [1.29, 1.82) is 5.41 Å². The molecule has 1 aromatic carbocycles. The lowest BCUT2D eigenvalue weighted by Crippen LogP contribution is -2.48. The number of amides is 2. The van der Waals surface area contributed by atoms with Gasteiger partial charge in [-0.25, -0.2) is 9.97 Å². The lowest BCUT2D eigenvalue weighted by Gasteiger charge is -2.25. The number of carbonyl (C=O) groups excluding carboxylic acids is 3. The van der Waals surface area contributed by atoms with Crippen LogP contribution in [-0.4, -0.2) is 68.2 Å². The Morgan fingerprint density at radius 3 is 2.61 bits per heavy atom. The molecule has 1 aliphatic carbocycles. The maximum Gasteiger partial charge on any atom is 0.242 e. The van der Waals surface area contributed by atoms with Crippen LogP contribution in [0, 0.1) is 17.2 Å². The van der Waals surface area contributed by atoms with E-state index in [1.54, 1.807) is 41.6 Å². The van der Waals surface area contributed by atoms with E-state index < -0.39 is 16.2 Å². The van der Waals surface area contributed by atoms with Crippen LogP contribution >= 0.6 is 23.2 Å². The smallest absolute Gasteiger partial charge is 0.242 e. The summed E-state index contributed by atoms with van der Waals surface area (Å²) in [6, 6.07) is 6.03. The van der Waals surface area contributed by atoms with Crippen LogP contribution in [0.5, 0.6) is 5.75 Å². The number of nitrogens with zero attached hydrogens (tertiary/aromatic N) is 3. The molecule has 3 atom stereocenters. The second kappa shape index (κ2) is 11.7. The summed E-state index contributed by atoms with van der Waals surface area (Å²) in [5, 5.41) is 14.2. The molecule has 2 amide bonds. The number of hydrogen-bond donors (Lipinski definition) is 3. The average molecular weight is 561 g/mol. The van der Waals surface area contributed by atoms with E-state index >= 15 is 0 Å². The highest BCUT2D eigenvalue weighted by molar-refractivity contribution is 6.51. The molecule has 1 saturated carbocycles. The Hall–Kier alpha value is -3.24. The van der Waals surface area contributed by atoms with E-state index in [2.05, 4.69) is 20.6 Å². The highest BCUT2D eigenvalue weighted by Crippen LogP contribution is 2.58. The number of halogens is 2. The third-order valence-electron chi connectivity index (χ3n) is 7.00. The molecule has 0 bridgehead atoms. The van der Waals surface area contributed by atoms with Gasteiger partial charge in [-0.2, -0.15) is 0 Å². The van der Waals surface area contributed by atoms with Crippen LogP contribution in [0.3, 0.4) is 0 Å². The fourth-order valence-corrected chi connectivity index (χ4v) is 5.24. The second-order valence-electron chi connectivity index (χ2n) is 9.51. The van der Waals surface area contributed by atoms with Gasteiger partial charge in [-0.3, -0.25) is 19.8 Å². The average Bonchev–Trinajstić information content (AvgIpc) is 3.23. The van der Waals surface area contributed by atoms with Crippen molar-refractivity contribution >= 4 is 52.2 Å². The normalized spacial score (nSPS) is 21.5. The molecule has 2 fully saturated rings. The zero-order valence-corrected chi connectivity index (χ0v) is 22.7. The molecule has 4 rings (SSSR count). The Labute approximate surface area is 231 Å². The molecule has 3 N–H and O–H groups in total. The van der Waals surface area contributed by atoms with Crippen LogP contribution in [0.15, 0.2) is 36.7 Å². The number of carbonyl (C=O) groups is 3. The summed E-state index contributed by atoms with van der Waals surface area (Å²) in [5.41, 5.74) is 0.519. The maximum atomic E-state index is 13.1. The van der Waals surface area contributed by atoms with E-state index in [0.717, 1.165) is 6.42 Å². The fraction of sp³-hybridized carbons (Fsp3) is 0.462. The molecule has 1 aliphatic heterocycles. The Bertz CT molecular complexity index is 1230. The zero-order chi connectivity index (χ0) is 27.4. The van der Waals surface area contributed by atoms with Crippen molar-refractivity contribution in [2.24, 2.45) is 11.8 Å². The van der Waals surface area contributed by atoms with Crippen LogP contribution < -0.4 is 15.4 Å². The lowest BCUT2D eigenvalue weighted by molar-refractivity contribution is -0.137. The Morgan fingerprint density at radius 2 is 1.95 bits per heavy atom. The van der Waals surface area contributed by atoms with Crippen LogP contribution in [-0.2, 0) is 21.0 Å². The third kappa shape index (κ3) is 6.24. The first kappa shape index (κ1) is 27.8. The lowest BCUT2D eigenvalue weighted by atomic mass is 10.0. The molecule has 3 unspecified atom stereocenters. The standard InChI is InChI=1S/C26H30Cl2N6O4/c1-15-19(26(15,27)28)12-33-25(37)21-5-3-10-34(21)23(36)13-32-20-7-6-17(11-18(20)24(29)16(2)35)38-14-22-30-8-4-9-31-22/h4,6-9,11,15,19,21,29,32H,3,5,10,12-14H2,1-2H3,(H,33,37). The summed E-state index contributed by atoms with van der Waals surface area (Å²) in [6.07, 6.45) is 4.51. The zero-order valence-electron chi connectivity index (χ0n) is 21.2. The summed E-state index contributed by atoms with van der Waals surface area (Å²) in [6.45, 7) is 4.09. The minimum absolute atomic E-state index is 0.0100. The molecule has 2 aromatic rings. The van der Waals surface area contributed by atoms with Gasteiger partial charge in [0.15, 0.2) is 11.6 Å². The van der Waals surface area contributed by atoms with Crippen LogP contribution in [0.1, 0.15) is 38.1 Å². The van der Waals surface area contributed by atoms with Gasteiger partial charge in [0.1, 0.15) is 28.4 Å². The topological polar surface area (TPSA) is 137 Å². The van der Waals surface area contributed by atoms with Gasteiger partial charge >= 0.3 is 0 Å². The quantitative estimate of drug-likeness (QED) is 0.283. The minimum atomic E-state index is -0.816. The van der Waals surface area contributed by atoms with Gasteiger partial charge < -0.3 is 20.3 Å². The number of nitrogens with one attached hydrogen (secondary N) is 3. The molecule has 2 aliphatic rings. The number of ketones is 1. The Balaban J connectivity index is 1.38. The summed E-state index contributed by atoms with van der Waals surface area (Å²) >= 11 is 12.4. The van der Waals surface area contributed by atoms with E-state index in [1.165, 1.54) is 6.92 Å². The highest BCUT2D eigenvalue weighted by atomic mass is 35.5. The van der Waals surface area contributed by atoms with Crippen molar-refractivity contribution in [3.05, 3.63) is 48.0 Å². The van der Waals surface area contributed by atoms with E-state index in [-0.39, 0.29) is 42.5 Å². The number of anilines is 1. The van der Waals surface area contributed by atoms with Gasteiger partial charge in [-0.1, -0.05) is 6.92 Å². The Morgan fingerprint density at radius 1 is 1.24 bits per heavy atom. The number of rotatable bonds is 11. The molecule has 1 saturated heterocycles. The molecule has 0 radical (unpaired) electrons. The minimum Gasteiger partial charge on any atom is -0.486 e. The molecule has 0 spiro atoms. The highest BCUT2D eigenvalue weighted by Gasteiger charge is 2.60. The first-order valence-electron chi connectivity index (χ1n) is 12.4. The predicted octanol–water partition coefficient (Wildman–Crippen LogP) is 2.97. The largest absolute Gasteiger partial charge is 0.486 e. The predicted molar refractivity (Wildman–Crippen MR) is 144 cm³/mol. The molecular formula is C26H30Cl2N6O4. The van der Waals surface area contributed by atoms with Gasteiger partial charge in [0, 0.05) is 49.6 Å². The molecule has 202 valence electrons. The fourth-order valence-electron chi connectivity index (χ4n) is 4.53. The first-order valence-corrected chi connectivity index (χ1v) is 13.2. The first-order chi connectivity index (χ1) is 18.1. The summed E-state index contributed by atoms with van der Waals surface area (Å²) in [7, 11) is 0. The van der Waals surface area contributed by atoms with Crippen molar-refractivity contribution in [3.63, 3.8) is 0 Å². The number of aromatic nitrogens is 2. The van der Waals surface area contributed by atoms with Crippen LogP contribution in [0.4, 0.5) is 5.69 Å². The van der Waals surface area contributed by atoms with Crippen molar-refractivity contribution < 1.29 is 19.1 Å². The van der Waals surface area contributed by atoms with Crippen molar-refractivity contribution in [2.45, 2.75) is 43.7 Å². The van der Waals surface area contributed by atoms with E-state index in [9.17, 15) is 14.4 Å². The number of benzene rings is 1.